The van der Waals surface area contributed by atoms with Crippen LogP contribution in [0.2, 0.25) is 0 Å². The van der Waals surface area contributed by atoms with Gasteiger partial charge in [-0.3, -0.25) is 4.79 Å². The number of carbonyl (C=O) groups excluding carboxylic acids is 1. The summed E-state index contributed by atoms with van der Waals surface area (Å²) in [5.41, 5.74) is 1.11. The lowest BCUT2D eigenvalue weighted by Crippen LogP contribution is -2.42. The summed E-state index contributed by atoms with van der Waals surface area (Å²) >= 11 is 0. The van der Waals surface area contributed by atoms with Crippen molar-refractivity contribution < 1.29 is 18.8 Å². The Morgan fingerprint density at radius 2 is 2.07 bits per heavy atom. The molecule has 0 spiro atoms. The zero-order chi connectivity index (χ0) is 18.6. The summed E-state index contributed by atoms with van der Waals surface area (Å²) in [7, 11) is 0. The third-order valence-electron chi connectivity index (χ3n) is 5.02. The molecule has 1 saturated carbocycles. The SMILES string of the molecule is Cc1cccc(OCC(=O)N2CCC(OCc3nc(C4CC4)no3)CC2)c1. The fourth-order valence-corrected chi connectivity index (χ4v) is 3.24. The van der Waals surface area contributed by atoms with Crippen LogP contribution >= 0.6 is 0 Å². The molecule has 1 aliphatic carbocycles. The summed E-state index contributed by atoms with van der Waals surface area (Å²) < 4.78 is 16.7. The number of aryl methyl sites for hydroxylation is 1. The summed E-state index contributed by atoms with van der Waals surface area (Å²) in [5, 5.41) is 4.00. The topological polar surface area (TPSA) is 77.7 Å². The monoisotopic (exact) mass is 371 g/mol. The summed E-state index contributed by atoms with van der Waals surface area (Å²) in [5.74, 6) is 2.58. The van der Waals surface area contributed by atoms with Gasteiger partial charge in [0, 0.05) is 19.0 Å². The maximum atomic E-state index is 12.3. The first kappa shape index (κ1) is 18.0. The van der Waals surface area contributed by atoms with E-state index >= 15 is 0 Å². The number of amides is 1. The zero-order valence-corrected chi connectivity index (χ0v) is 15.6. The Balaban J connectivity index is 1.17. The number of nitrogens with zero attached hydrogens (tertiary/aromatic N) is 3. The minimum absolute atomic E-state index is 0.0148. The van der Waals surface area contributed by atoms with E-state index in [1.807, 2.05) is 36.1 Å². The van der Waals surface area contributed by atoms with Crippen LogP contribution in [0.4, 0.5) is 0 Å². The minimum Gasteiger partial charge on any atom is -0.484 e. The molecule has 144 valence electrons. The van der Waals surface area contributed by atoms with Crippen molar-refractivity contribution >= 4 is 5.91 Å². The molecular weight excluding hydrogens is 346 g/mol. The van der Waals surface area contributed by atoms with E-state index in [9.17, 15) is 4.79 Å². The van der Waals surface area contributed by atoms with Gasteiger partial charge in [0.05, 0.1) is 6.10 Å². The van der Waals surface area contributed by atoms with Gasteiger partial charge < -0.3 is 18.9 Å². The number of ether oxygens (including phenoxy) is 2. The lowest BCUT2D eigenvalue weighted by Gasteiger charge is -2.31. The highest BCUT2D eigenvalue weighted by Crippen LogP contribution is 2.38. The van der Waals surface area contributed by atoms with Gasteiger partial charge in [-0.05, 0) is 50.3 Å². The van der Waals surface area contributed by atoms with Gasteiger partial charge in [0.25, 0.3) is 11.8 Å². The molecule has 0 unspecified atom stereocenters. The highest BCUT2D eigenvalue weighted by atomic mass is 16.5. The van der Waals surface area contributed by atoms with Gasteiger partial charge in [0.1, 0.15) is 12.4 Å². The Kier molecular flexibility index (Phi) is 5.38. The van der Waals surface area contributed by atoms with Crippen LogP contribution in [0, 0.1) is 6.92 Å². The van der Waals surface area contributed by atoms with E-state index in [1.54, 1.807) is 0 Å². The Bertz CT molecular complexity index is 779. The molecule has 0 radical (unpaired) electrons. The van der Waals surface area contributed by atoms with Crippen molar-refractivity contribution in [3.8, 4) is 5.75 Å². The van der Waals surface area contributed by atoms with Gasteiger partial charge in [0.2, 0.25) is 0 Å². The van der Waals surface area contributed by atoms with Crippen LogP contribution < -0.4 is 4.74 Å². The Morgan fingerprint density at radius 3 is 2.81 bits per heavy atom. The standard InChI is InChI=1S/C20H25N3O4/c1-14-3-2-4-17(11-14)26-13-19(24)23-9-7-16(8-10-23)25-12-18-21-20(22-27-18)15-5-6-15/h2-4,11,15-16H,5-10,12-13H2,1H3. The highest BCUT2D eigenvalue weighted by molar-refractivity contribution is 5.77. The van der Waals surface area contributed by atoms with Gasteiger partial charge in [-0.15, -0.1) is 0 Å². The minimum atomic E-state index is 0.0148. The molecule has 0 bridgehead atoms. The number of piperidine rings is 1. The number of carbonyl (C=O) groups is 1. The van der Waals surface area contributed by atoms with Crippen molar-refractivity contribution in [3.05, 3.63) is 41.5 Å². The second-order valence-electron chi connectivity index (χ2n) is 7.32. The van der Waals surface area contributed by atoms with Gasteiger partial charge in [-0.2, -0.15) is 4.98 Å². The van der Waals surface area contributed by atoms with Gasteiger partial charge >= 0.3 is 0 Å². The van der Waals surface area contributed by atoms with Crippen molar-refractivity contribution in [1.82, 2.24) is 15.0 Å². The van der Waals surface area contributed by atoms with Crippen LogP contribution in [0.25, 0.3) is 0 Å². The van der Waals surface area contributed by atoms with Gasteiger partial charge in [-0.25, -0.2) is 0 Å². The second kappa shape index (κ2) is 8.08. The van der Waals surface area contributed by atoms with Crippen LogP contribution in [0.3, 0.4) is 0 Å². The number of benzene rings is 1. The Morgan fingerprint density at radius 1 is 1.26 bits per heavy atom. The number of likely N-dealkylation sites (tertiary alicyclic amines) is 1. The van der Waals surface area contributed by atoms with Crippen LogP contribution in [0.1, 0.15) is 48.9 Å². The third-order valence-corrected chi connectivity index (χ3v) is 5.02. The zero-order valence-electron chi connectivity index (χ0n) is 15.6. The third kappa shape index (κ3) is 4.86. The molecule has 2 aliphatic rings. The van der Waals surface area contributed by atoms with Crippen molar-refractivity contribution in [2.45, 2.75) is 51.2 Å². The lowest BCUT2D eigenvalue weighted by atomic mass is 10.1. The first-order valence-corrected chi connectivity index (χ1v) is 9.59. The summed E-state index contributed by atoms with van der Waals surface area (Å²) in [6.45, 7) is 3.77. The summed E-state index contributed by atoms with van der Waals surface area (Å²) in [4.78, 5) is 18.6. The molecule has 1 aromatic carbocycles. The van der Waals surface area contributed by atoms with E-state index in [0.717, 1.165) is 42.8 Å². The van der Waals surface area contributed by atoms with E-state index < -0.39 is 0 Å². The van der Waals surface area contributed by atoms with Crippen molar-refractivity contribution in [2.24, 2.45) is 0 Å². The van der Waals surface area contributed by atoms with Gasteiger partial charge in [0.15, 0.2) is 12.4 Å². The highest BCUT2D eigenvalue weighted by Gasteiger charge is 2.29. The van der Waals surface area contributed by atoms with Crippen LogP contribution in [0.5, 0.6) is 5.75 Å². The molecule has 4 rings (SSSR count). The van der Waals surface area contributed by atoms with Crippen LogP contribution in [-0.4, -0.2) is 46.7 Å². The molecule has 7 heteroatoms. The number of hydrogen-bond donors (Lipinski definition) is 0. The maximum absolute atomic E-state index is 12.3. The smallest absolute Gasteiger partial charge is 0.260 e. The summed E-state index contributed by atoms with van der Waals surface area (Å²) in [6.07, 6.45) is 4.03. The fourth-order valence-electron chi connectivity index (χ4n) is 3.24. The normalized spacial score (nSPS) is 17.9. The molecule has 1 saturated heterocycles. The fraction of sp³-hybridized carbons (Fsp3) is 0.550. The van der Waals surface area contributed by atoms with E-state index in [2.05, 4.69) is 10.1 Å². The van der Waals surface area contributed by atoms with Crippen LogP contribution in [0.15, 0.2) is 28.8 Å². The van der Waals surface area contributed by atoms with Crippen molar-refractivity contribution in [3.63, 3.8) is 0 Å². The first-order valence-electron chi connectivity index (χ1n) is 9.59. The first-order chi connectivity index (χ1) is 13.2. The molecule has 1 aromatic heterocycles. The molecule has 2 heterocycles. The Hall–Kier alpha value is -2.41. The predicted octanol–water partition coefficient (Wildman–Crippen LogP) is 2.84. The average Bonchev–Trinajstić information content (AvgIpc) is 3.43. The predicted molar refractivity (Wildman–Crippen MR) is 97.3 cm³/mol. The summed E-state index contributed by atoms with van der Waals surface area (Å²) in [6, 6.07) is 7.72. The van der Waals surface area contributed by atoms with E-state index in [4.69, 9.17) is 14.0 Å². The van der Waals surface area contributed by atoms with E-state index in [1.165, 1.54) is 0 Å². The molecule has 2 aromatic rings. The molecule has 1 aliphatic heterocycles. The number of hydrogen-bond acceptors (Lipinski definition) is 6. The molecule has 27 heavy (non-hydrogen) atoms. The molecule has 0 atom stereocenters. The van der Waals surface area contributed by atoms with Crippen molar-refractivity contribution in [2.75, 3.05) is 19.7 Å². The van der Waals surface area contributed by atoms with Crippen molar-refractivity contribution in [1.29, 1.82) is 0 Å². The van der Waals surface area contributed by atoms with E-state index in [-0.39, 0.29) is 18.6 Å². The number of aromatic nitrogens is 2. The molecule has 1 amide bonds. The largest absolute Gasteiger partial charge is 0.484 e. The second-order valence-corrected chi connectivity index (χ2v) is 7.32. The quantitative estimate of drug-likeness (QED) is 0.745. The molecule has 7 nitrogen and oxygen atoms in total. The van der Waals surface area contributed by atoms with Crippen LogP contribution in [-0.2, 0) is 16.1 Å². The average molecular weight is 371 g/mol. The Labute approximate surface area is 158 Å². The molecule has 0 N–H and O–H groups in total. The van der Waals surface area contributed by atoms with Gasteiger partial charge in [-0.1, -0.05) is 17.3 Å². The molecule has 2 fully saturated rings. The molecular formula is C20H25N3O4. The maximum Gasteiger partial charge on any atom is 0.260 e. The number of rotatable bonds is 7. The lowest BCUT2D eigenvalue weighted by molar-refractivity contribution is -0.136. The van der Waals surface area contributed by atoms with E-state index in [0.29, 0.717) is 31.5 Å².